The van der Waals surface area contributed by atoms with Crippen LogP contribution >= 0.6 is 15.9 Å². The number of hydrogen-bond acceptors (Lipinski definition) is 3. The molecule has 0 aliphatic heterocycles. The average molecular weight is 343 g/mol. The summed E-state index contributed by atoms with van der Waals surface area (Å²) in [6.45, 7) is 8.84. The van der Waals surface area contributed by atoms with E-state index in [9.17, 15) is 14.9 Å². The second-order valence-electron chi connectivity index (χ2n) is 5.72. The van der Waals surface area contributed by atoms with Crippen LogP contribution in [0.1, 0.15) is 38.1 Å². The molecule has 5 nitrogen and oxygen atoms in total. The van der Waals surface area contributed by atoms with Crippen LogP contribution in [-0.2, 0) is 0 Å². The molecule has 0 aromatic heterocycles. The van der Waals surface area contributed by atoms with Crippen molar-refractivity contribution >= 4 is 27.5 Å². The molecule has 0 saturated heterocycles. The maximum Gasteiger partial charge on any atom is 0.284 e. The first-order chi connectivity index (χ1) is 9.16. The highest BCUT2D eigenvalue weighted by molar-refractivity contribution is 9.10. The minimum atomic E-state index is -0.515. The van der Waals surface area contributed by atoms with Gasteiger partial charge < -0.3 is 5.32 Å². The molecule has 0 aliphatic rings. The summed E-state index contributed by atoms with van der Waals surface area (Å²) in [5, 5.41) is 13.7. The zero-order valence-electron chi connectivity index (χ0n) is 12.1. The first-order valence-corrected chi connectivity index (χ1v) is 7.17. The van der Waals surface area contributed by atoms with E-state index in [1.54, 1.807) is 6.07 Å². The summed E-state index contributed by atoms with van der Waals surface area (Å²) in [5.41, 5.74) is 0.127. The van der Waals surface area contributed by atoms with Crippen LogP contribution in [0.5, 0.6) is 0 Å². The summed E-state index contributed by atoms with van der Waals surface area (Å²) >= 11 is 3.13. The van der Waals surface area contributed by atoms with Gasteiger partial charge in [0.2, 0.25) is 0 Å². The molecule has 20 heavy (non-hydrogen) atoms. The van der Waals surface area contributed by atoms with E-state index in [0.717, 1.165) is 0 Å². The van der Waals surface area contributed by atoms with E-state index in [1.165, 1.54) is 12.1 Å². The minimum Gasteiger partial charge on any atom is -0.351 e. The van der Waals surface area contributed by atoms with Crippen molar-refractivity contribution in [1.29, 1.82) is 0 Å². The van der Waals surface area contributed by atoms with E-state index in [-0.39, 0.29) is 27.0 Å². The minimum absolute atomic E-state index is 0.0388. The lowest BCUT2D eigenvalue weighted by Crippen LogP contribution is -2.37. The third-order valence-corrected chi connectivity index (χ3v) is 4.52. The molecule has 1 amide bonds. The molecule has 0 fully saturated rings. The smallest absolute Gasteiger partial charge is 0.284 e. The topological polar surface area (TPSA) is 72.2 Å². The highest BCUT2D eigenvalue weighted by Gasteiger charge is 2.25. The lowest BCUT2D eigenvalue weighted by molar-refractivity contribution is -0.385. The molecule has 0 atom stereocenters. The molecule has 0 spiro atoms. The maximum absolute atomic E-state index is 12.1. The van der Waals surface area contributed by atoms with Gasteiger partial charge >= 0.3 is 0 Å². The van der Waals surface area contributed by atoms with Crippen molar-refractivity contribution < 1.29 is 9.72 Å². The van der Waals surface area contributed by atoms with Crippen LogP contribution < -0.4 is 5.32 Å². The Morgan fingerprint density at radius 3 is 2.55 bits per heavy atom. The number of carbonyl (C=O) groups excluding carboxylic acids is 1. The molecule has 6 heteroatoms. The molecule has 0 saturated carbocycles. The van der Waals surface area contributed by atoms with Crippen molar-refractivity contribution in [3.8, 4) is 0 Å². The van der Waals surface area contributed by atoms with Crippen molar-refractivity contribution in [2.75, 3.05) is 6.54 Å². The van der Waals surface area contributed by atoms with E-state index in [4.69, 9.17) is 0 Å². The van der Waals surface area contributed by atoms with Crippen LogP contribution in [0.15, 0.2) is 22.7 Å². The Labute approximate surface area is 127 Å². The van der Waals surface area contributed by atoms with Crippen LogP contribution in [0.2, 0.25) is 0 Å². The van der Waals surface area contributed by atoms with Crippen molar-refractivity contribution in [3.63, 3.8) is 0 Å². The Bertz CT molecular complexity index is 527. The van der Waals surface area contributed by atoms with Gasteiger partial charge in [-0.25, -0.2) is 0 Å². The van der Waals surface area contributed by atoms with Crippen molar-refractivity contribution in [2.24, 2.45) is 11.3 Å². The van der Waals surface area contributed by atoms with Gasteiger partial charge in [-0.05, 0) is 33.3 Å². The number of nitro benzene ring substituents is 1. The van der Waals surface area contributed by atoms with Gasteiger partial charge in [0.1, 0.15) is 4.47 Å². The Kier molecular flexibility index (Phi) is 5.28. The molecule has 0 aliphatic carbocycles. The highest BCUT2D eigenvalue weighted by Crippen LogP contribution is 2.29. The summed E-state index contributed by atoms with van der Waals surface area (Å²) in [5.74, 6) is 0.102. The van der Waals surface area contributed by atoms with E-state index >= 15 is 0 Å². The van der Waals surface area contributed by atoms with Gasteiger partial charge in [0.25, 0.3) is 11.6 Å². The molecular formula is C14H19BrN2O3. The highest BCUT2D eigenvalue weighted by atomic mass is 79.9. The monoisotopic (exact) mass is 342 g/mol. The van der Waals surface area contributed by atoms with Gasteiger partial charge in [-0.3, -0.25) is 14.9 Å². The molecule has 0 unspecified atom stereocenters. The van der Waals surface area contributed by atoms with Gasteiger partial charge in [0.15, 0.2) is 0 Å². The van der Waals surface area contributed by atoms with Crippen LogP contribution in [0.3, 0.4) is 0 Å². The SMILES string of the molecule is CC(C)C(C)(C)CNC(=O)c1cccc([N+](=O)[O-])c1Br. The maximum atomic E-state index is 12.1. The largest absolute Gasteiger partial charge is 0.351 e. The van der Waals surface area contributed by atoms with Crippen molar-refractivity contribution in [3.05, 3.63) is 38.3 Å². The standard InChI is InChI=1S/C14H19BrN2O3/c1-9(2)14(3,4)8-16-13(18)10-6-5-7-11(12(10)15)17(19)20/h5-7,9H,8H2,1-4H3,(H,16,18). The molecule has 0 heterocycles. The van der Waals surface area contributed by atoms with E-state index in [1.807, 2.05) is 0 Å². The molecule has 110 valence electrons. The fourth-order valence-electron chi connectivity index (χ4n) is 1.44. The van der Waals surface area contributed by atoms with Gasteiger partial charge in [-0.1, -0.05) is 33.8 Å². The van der Waals surface area contributed by atoms with Crippen molar-refractivity contribution in [1.82, 2.24) is 5.32 Å². The Balaban J connectivity index is 2.89. The number of rotatable bonds is 5. The number of hydrogen-bond donors (Lipinski definition) is 1. The predicted molar refractivity (Wildman–Crippen MR) is 81.7 cm³/mol. The summed E-state index contributed by atoms with van der Waals surface area (Å²) < 4.78 is 0.213. The number of amides is 1. The first kappa shape index (κ1) is 16.6. The van der Waals surface area contributed by atoms with Crippen molar-refractivity contribution in [2.45, 2.75) is 27.7 Å². The van der Waals surface area contributed by atoms with E-state index < -0.39 is 4.92 Å². The lowest BCUT2D eigenvalue weighted by atomic mass is 9.81. The van der Waals surface area contributed by atoms with Gasteiger partial charge in [-0.2, -0.15) is 0 Å². The molecule has 0 radical (unpaired) electrons. The van der Waals surface area contributed by atoms with Gasteiger partial charge in [-0.15, -0.1) is 0 Å². The summed E-state index contributed by atoms with van der Waals surface area (Å²) in [6, 6.07) is 4.43. The third-order valence-electron chi connectivity index (χ3n) is 3.69. The molecule has 1 aromatic rings. The van der Waals surface area contributed by atoms with Gasteiger partial charge in [0, 0.05) is 12.6 Å². The van der Waals surface area contributed by atoms with Crippen LogP contribution in [0.4, 0.5) is 5.69 Å². The van der Waals surface area contributed by atoms with E-state index in [0.29, 0.717) is 12.5 Å². The summed E-state index contributed by atoms with van der Waals surface area (Å²) in [7, 11) is 0. The number of nitrogens with zero attached hydrogens (tertiary/aromatic N) is 1. The van der Waals surface area contributed by atoms with Crippen LogP contribution in [-0.4, -0.2) is 17.4 Å². The van der Waals surface area contributed by atoms with Crippen LogP contribution in [0.25, 0.3) is 0 Å². The van der Waals surface area contributed by atoms with Gasteiger partial charge in [0.05, 0.1) is 10.5 Å². The summed E-state index contributed by atoms with van der Waals surface area (Å²) in [4.78, 5) is 22.5. The molecule has 1 aromatic carbocycles. The number of nitrogens with one attached hydrogen (secondary N) is 1. The fourth-order valence-corrected chi connectivity index (χ4v) is 2.03. The Morgan fingerprint density at radius 2 is 2.05 bits per heavy atom. The lowest BCUT2D eigenvalue weighted by Gasteiger charge is -2.29. The average Bonchev–Trinajstić information content (AvgIpc) is 2.35. The number of benzene rings is 1. The molecule has 1 N–H and O–H groups in total. The Morgan fingerprint density at radius 1 is 1.45 bits per heavy atom. The number of halogens is 1. The zero-order chi connectivity index (χ0) is 15.5. The Hall–Kier alpha value is -1.43. The molecule has 1 rings (SSSR count). The first-order valence-electron chi connectivity index (χ1n) is 6.38. The second-order valence-corrected chi connectivity index (χ2v) is 6.51. The number of carbonyl (C=O) groups is 1. The molecular weight excluding hydrogens is 324 g/mol. The second kappa shape index (κ2) is 6.35. The van der Waals surface area contributed by atoms with Crippen LogP contribution in [0, 0.1) is 21.4 Å². The quantitative estimate of drug-likeness (QED) is 0.653. The summed E-state index contributed by atoms with van der Waals surface area (Å²) in [6.07, 6.45) is 0. The normalized spacial score (nSPS) is 11.5. The molecule has 0 bridgehead atoms. The van der Waals surface area contributed by atoms with E-state index in [2.05, 4.69) is 48.9 Å². The fraction of sp³-hybridized carbons (Fsp3) is 0.500. The zero-order valence-corrected chi connectivity index (χ0v) is 13.7. The third kappa shape index (κ3) is 3.79. The number of nitro groups is 1. The predicted octanol–water partition coefficient (Wildman–Crippen LogP) is 3.77.